The zero-order chi connectivity index (χ0) is 23.9. The van der Waals surface area contributed by atoms with Gasteiger partial charge in [-0.1, -0.05) is 6.07 Å². The molecule has 1 aromatic carbocycles. The fraction of sp³-hybridized carbons (Fsp3) is 0.536. The number of aliphatic hydroxyl groups is 1. The maximum atomic E-state index is 13.2. The number of aromatic hydroxyl groups is 1. The Kier molecular flexibility index (Phi) is 5.49. The second-order valence-electron chi connectivity index (χ2n) is 11.2. The van der Waals surface area contributed by atoms with Crippen LogP contribution in [0, 0.1) is 5.92 Å². The third kappa shape index (κ3) is 3.15. The summed E-state index contributed by atoms with van der Waals surface area (Å²) in [5.41, 5.74) is 0.592. The molecule has 0 unspecified atom stereocenters. The van der Waals surface area contributed by atoms with Crippen LogP contribution in [0.2, 0.25) is 0 Å². The van der Waals surface area contributed by atoms with Crippen molar-refractivity contribution in [2.45, 2.75) is 67.7 Å². The molecule has 5 aliphatic rings. The lowest BCUT2D eigenvalue weighted by Crippen LogP contribution is -2.78. The molecule has 2 aliphatic heterocycles. The molecule has 3 fully saturated rings. The Balaban J connectivity index is 0.00000240. The molecular weight excluding hydrogens is 480 g/mol. The quantitative estimate of drug-likeness (QED) is 0.596. The van der Waals surface area contributed by atoms with Crippen LogP contribution in [0.1, 0.15) is 49.0 Å². The van der Waals surface area contributed by atoms with Gasteiger partial charge in [-0.3, -0.25) is 9.69 Å². The van der Waals surface area contributed by atoms with Crippen molar-refractivity contribution in [1.82, 2.24) is 9.80 Å². The van der Waals surface area contributed by atoms with Crippen molar-refractivity contribution in [3.05, 3.63) is 53.5 Å². The van der Waals surface area contributed by atoms with Crippen LogP contribution >= 0.6 is 12.4 Å². The van der Waals surface area contributed by atoms with E-state index in [9.17, 15) is 15.0 Å². The molecule has 36 heavy (non-hydrogen) atoms. The van der Waals surface area contributed by atoms with Crippen LogP contribution < -0.4 is 4.74 Å². The standard InChI is InChI=1S/C28H32N2O5.ClH/c1-29(23(32)9-7-19-3-2-14-34-19)20-10-11-28(33)22-15-18-6-8-21(31)25-24(18)27(28,26(20)35-25)12-13-30(22)16-17-4-5-17;/h2-3,6-9,14,17,20,22,26,31,33H,4-5,10-13,15-16H2,1H3;1H/b9-7+;/t20-,22-,26+,27+,28-;/m1./s1. The number of benzene rings is 1. The highest BCUT2D eigenvalue weighted by Crippen LogP contribution is 2.66. The molecule has 2 saturated carbocycles. The van der Waals surface area contributed by atoms with Gasteiger partial charge in [0.1, 0.15) is 11.9 Å². The van der Waals surface area contributed by atoms with Crippen LogP contribution in [-0.4, -0.2) is 69.8 Å². The van der Waals surface area contributed by atoms with Crippen molar-refractivity contribution in [3.8, 4) is 11.5 Å². The van der Waals surface area contributed by atoms with Gasteiger partial charge in [0.15, 0.2) is 11.5 Å². The van der Waals surface area contributed by atoms with E-state index >= 15 is 0 Å². The summed E-state index contributed by atoms with van der Waals surface area (Å²) in [6.45, 7) is 1.95. The number of phenolic OH excluding ortho intramolecular Hbond substituents is 1. The molecule has 3 aliphatic carbocycles. The SMILES string of the molecule is CN(C(=O)/C=C/c1ccco1)[C@@H]1CC[C@@]2(O)[C@H]3Cc4ccc(O)c5c4[C@@]2(CCN3CC2CC2)[C@H]1O5.Cl. The third-order valence-electron chi connectivity index (χ3n) is 9.51. The topological polar surface area (TPSA) is 86.4 Å². The molecule has 1 spiro atoms. The molecule has 2 bridgehead atoms. The van der Waals surface area contributed by atoms with E-state index in [1.54, 1.807) is 29.4 Å². The van der Waals surface area contributed by atoms with Gasteiger partial charge in [-0.15, -0.1) is 12.4 Å². The number of ether oxygens (including phenoxy) is 1. The van der Waals surface area contributed by atoms with Crippen LogP contribution in [0.5, 0.6) is 11.5 Å². The smallest absolute Gasteiger partial charge is 0.246 e. The van der Waals surface area contributed by atoms with Gasteiger partial charge >= 0.3 is 0 Å². The van der Waals surface area contributed by atoms with Crippen LogP contribution in [0.3, 0.4) is 0 Å². The van der Waals surface area contributed by atoms with Crippen LogP contribution in [0.4, 0.5) is 0 Å². The number of piperidine rings is 1. The summed E-state index contributed by atoms with van der Waals surface area (Å²) in [7, 11) is 1.82. The van der Waals surface area contributed by atoms with Crippen LogP contribution in [-0.2, 0) is 16.6 Å². The van der Waals surface area contributed by atoms with E-state index in [0.29, 0.717) is 24.4 Å². The van der Waals surface area contributed by atoms with Crippen LogP contribution in [0.25, 0.3) is 6.08 Å². The summed E-state index contributed by atoms with van der Waals surface area (Å²) in [6.07, 6.45) is 9.76. The number of likely N-dealkylation sites (N-methyl/N-ethyl adjacent to an activating group) is 1. The number of carbonyl (C=O) groups excluding carboxylic acids is 1. The van der Waals surface area contributed by atoms with Crippen molar-refractivity contribution in [2.75, 3.05) is 20.1 Å². The Hall–Kier alpha value is -2.48. The first-order valence-corrected chi connectivity index (χ1v) is 12.9. The second-order valence-corrected chi connectivity index (χ2v) is 11.2. The van der Waals surface area contributed by atoms with Gasteiger partial charge in [-0.2, -0.15) is 0 Å². The van der Waals surface area contributed by atoms with E-state index in [2.05, 4.69) is 4.90 Å². The summed E-state index contributed by atoms with van der Waals surface area (Å²) < 4.78 is 11.9. The normalized spacial score (nSPS) is 34.1. The number of amides is 1. The Morgan fingerprint density at radius 1 is 1.25 bits per heavy atom. The number of likely N-dealkylation sites (tertiary alicyclic amines) is 1. The van der Waals surface area contributed by atoms with E-state index < -0.39 is 17.1 Å². The van der Waals surface area contributed by atoms with E-state index in [-0.39, 0.29) is 36.1 Å². The van der Waals surface area contributed by atoms with Gasteiger partial charge in [-0.25, -0.2) is 0 Å². The zero-order valence-electron chi connectivity index (χ0n) is 20.4. The molecule has 3 heterocycles. The molecule has 1 aromatic heterocycles. The van der Waals surface area contributed by atoms with Crippen LogP contribution in [0.15, 0.2) is 41.0 Å². The molecule has 7 rings (SSSR count). The maximum Gasteiger partial charge on any atom is 0.246 e. The predicted molar refractivity (Wildman–Crippen MR) is 136 cm³/mol. The largest absolute Gasteiger partial charge is 0.504 e. The summed E-state index contributed by atoms with van der Waals surface area (Å²) in [5, 5.41) is 23.3. The second kappa shape index (κ2) is 8.27. The van der Waals surface area contributed by atoms with E-state index in [1.807, 2.05) is 19.2 Å². The third-order valence-corrected chi connectivity index (χ3v) is 9.51. The molecule has 1 amide bonds. The number of phenols is 1. The van der Waals surface area contributed by atoms with Crippen molar-refractivity contribution in [3.63, 3.8) is 0 Å². The average Bonchev–Trinajstić information content (AvgIpc) is 3.36. The molecular formula is C28H33ClN2O5. The first-order chi connectivity index (χ1) is 16.9. The number of hydrogen-bond acceptors (Lipinski definition) is 6. The lowest BCUT2D eigenvalue weighted by atomic mass is 9.48. The Morgan fingerprint density at radius 2 is 2.08 bits per heavy atom. The number of halogens is 1. The Bertz CT molecular complexity index is 1210. The number of hydrogen-bond donors (Lipinski definition) is 2. The zero-order valence-corrected chi connectivity index (χ0v) is 21.2. The molecule has 5 atom stereocenters. The van der Waals surface area contributed by atoms with E-state index in [1.165, 1.54) is 24.5 Å². The Labute approximate surface area is 217 Å². The molecule has 2 aromatic rings. The van der Waals surface area contributed by atoms with Crippen molar-refractivity contribution < 1.29 is 24.2 Å². The van der Waals surface area contributed by atoms with Gasteiger partial charge in [0, 0.05) is 31.3 Å². The summed E-state index contributed by atoms with van der Waals surface area (Å²) in [5.74, 6) is 1.88. The van der Waals surface area contributed by atoms with Gasteiger partial charge in [-0.05, 0) is 80.8 Å². The minimum atomic E-state index is -0.943. The monoisotopic (exact) mass is 512 g/mol. The maximum absolute atomic E-state index is 13.2. The van der Waals surface area contributed by atoms with Gasteiger partial charge in [0.05, 0.1) is 23.3 Å². The summed E-state index contributed by atoms with van der Waals surface area (Å²) in [4.78, 5) is 17.5. The first-order valence-electron chi connectivity index (χ1n) is 12.9. The van der Waals surface area contributed by atoms with Gasteiger partial charge in [0.25, 0.3) is 0 Å². The van der Waals surface area contributed by atoms with Gasteiger partial charge in [0.2, 0.25) is 5.91 Å². The molecule has 8 heteroatoms. The fourth-order valence-corrected chi connectivity index (χ4v) is 7.67. The molecule has 0 radical (unpaired) electrons. The average molecular weight is 513 g/mol. The Morgan fingerprint density at radius 3 is 2.83 bits per heavy atom. The highest BCUT2D eigenvalue weighted by atomic mass is 35.5. The van der Waals surface area contributed by atoms with E-state index in [0.717, 1.165) is 37.4 Å². The lowest BCUT2D eigenvalue weighted by Gasteiger charge is -2.64. The number of rotatable bonds is 5. The summed E-state index contributed by atoms with van der Waals surface area (Å²) >= 11 is 0. The molecule has 2 N–H and O–H groups in total. The fourth-order valence-electron chi connectivity index (χ4n) is 7.67. The highest BCUT2D eigenvalue weighted by Gasteiger charge is 2.73. The van der Waals surface area contributed by atoms with Crippen molar-refractivity contribution in [1.29, 1.82) is 0 Å². The number of furan rings is 1. The first kappa shape index (κ1) is 23.9. The van der Waals surface area contributed by atoms with E-state index in [4.69, 9.17) is 9.15 Å². The summed E-state index contributed by atoms with van der Waals surface area (Å²) in [6, 6.07) is 7.16. The minimum Gasteiger partial charge on any atom is -0.504 e. The number of nitrogens with zero attached hydrogens (tertiary/aromatic N) is 2. The van der Waals surface area contributed by atoms with Crippen molar-refractivity contribution in [2.24, 2.45) is 5.92 Å². The van der Waals surface area contributed by atoms with Crippen molar-refractivity contribution >= 4 is 24.4 Å². The molecule has 7 nitrogen and oxygen atoms in total. The predicted octanol–water partition coefficient (Wildman–Crippen LogP) is 3.51. The highest BCUT2D eigenvalue weighted by molar-refractivity contribution is 5.91. The number of carbonyl (C=O) groups is 1. The molecule has 1 saturated heterocycles. The minimum absolute atomic E-state index is 0. The lowest BCUT2D eigenvalue weighted by molar-refractivity contribution is -0.200. The molecule has 192 valence electrons. The van der Waals surface area contributed by atoms with Gasteiger partial charge < -0.3 is 24.3 Å².